The minimum Gasteiger partial charge on any atom is -0.390 e. The van der Waals surface area contributed by atoms with Gasteiger partial charge in [-0.25, -0.2) is 8.42 Å². The lowest BCUT2D eigenvalue weighted by molar-refractivity contribution is -0.168. The number of rotatable bonds is 2. The van der Waals surface area contributed by atoms with Gasteiger partial charge in [0.15, 0.2) is 0 Å². The summed E-state index contributed by atoms with van der Waals surface area (Å²) in [6.45, 7) is 3.06. The molecule has 0 radical (unpaired) electrons. The fourth-order valence-corrected chi connectivity index (χ4v) is 6.83. The standard InChI is InChI=1S/C14H19Cl2NO4S2/c1-13(18)4-7-21-14(9-13)2-5-17(6-3-14)23(19,20)11-8-10(15)12(16)22-11/h8,18H,2-7,9H2,1H3. The molecule has 1 N–H and O–H groups in total. The van der Waals surface area contributed by atoms with Crippen molar-refractivity contribution in [2.75, 3.05) is 19.7 Å². The molecule has 1 spiro atoms. The van der Waals surface area contributed by atoms with Gasteiger partial charge in [-0.3, -0.25) is 0 Å². The van der Waals surface area contributed by atoms with E-state index in [1.165, 1.54) is 10.4 Å². The summed E-state index contributed by atoms with van der Waals surface area (Å²) in [4.78, 5) is 0. The molecule has 0 amide bonds. The van der Waals surface area contributed by atoms with Crippen LogP contribution in [0.3, 0.4) is 0 Å². The molecule has 2 fully saturated rings. The fraction of sp³-hybridized carbons (Fsp3) is 0.714. The first-order valence-electron chi connectivity index (χ1n) is 7.45. The van der Waals surface area contributed by atoms with Crippen molar-refractivity contribution in [2.24, 2.45) is 0 Å². The van der Waals surface area contributed by atoms with Crippen LogP contribution in [0.2, 0.25) is 9.36 Å². The molecule has 5 nitrogen and oxygen atoms in total. The third-order valence-corrected chi connectivity index (χ3v) is 8.82. The number of aliphatic hydroxyl groups is 1. The molecule has 0 bridgehead atoms. The maximum atomic E-state index is 12.7. The van der Waals surface area contributed by atoms with Gasteiger partial charge in [0.25, 0.3) is 10.0 Å². The number of piperidine rings is 1. The Hall–Kier alpha value is 0.110. The van der Waals surface area contributed by atoms with Gasteiger partial charge in [0.05, 0.1) is 22.8 Å². The molecule has 9 heteroatoms. The van der Waals surface area contributed by atoms with E-state index >= 15 is 0 Å². The zero-order valence-electron chi connectivity index (χ0n) is 12.7. The summed E-state index contributed by atoms with van der Waals surface area (Å²) in [6, 6.07) is 1.40. The first kappa shape index (κ1) is 17.9. The highest BCUT2D eigenvalue weighted by Crippen LogP contribution is 2.41. The van der Waals surface area contributed by atoms with Gasteiger partial charge in [0.1, 0.15) is 8.55 Å². The monoisotopic (exact) mass is 399 g/mol. The Morgan fingerprint density at radius 2 is 1.96 bits per heavy atom. The Balaban J connectivity index is 1.73. The zero-order chi connectivity index (χ0) is 16.9. The zero-order valence-corrected chi connectivity index (χ0v) is 15.9. The predicted octanol–water partition coefficient (Wildman–Crippen LogP) is 3.14. The second-order valence-electron chi connectivity index (χ2n) is 6.55. The van der Waals surface area contributed by atoms with Crippen LogP contribution in [0.25, 0.3) is 0 Å². The van der Waals surface area contributed by atoms with Crippen LogP contribution in [0.15, 0.2) is 10.3 Å². The molecule has 1 aromatic rings. The summed E-state index contributed by atoms with van der Waals surface area (Å²) < 4.78 is 33.2. The van der Waals surface area contributed by atoms with Crippen LogP contribution < -0.4 is 0 Å². The van der Waals surface area contributed by atoms with Crippen molar-refractivity contribution in [3.05, 3.63) is 15.4 Å². The average Bonchev–Trinajstić information content (AvgIpc) is 2.78. The van der Waals surface area contributed by atoms with E-state index in [1.807, 2.05) is 6.92 Å². The van der Waals surface area contributed by atoms with Crippen molar-refractivity contribution < 1.29 is 18.3 Å². The molecule has 0 aliphatic carbocycles. The Labute approximate surface area is 150 Å². The number of thiophene rings is 1. The van der Waals surface area contributed by atoms with E-state index in [1.54, 1.807) is 0 Å². The Morgan fingerprint density at radius 3 is 2.48 bits per heavy atom. The van der Waals surface area contributed by atoms with E-state index in [0.29, 0.717) is 45.4 Å². The Bertz CT molecular complexity index is 674. The van der Waals surface area contributed by atoms with Gasteiger partial charge in [0, 0.05) is 19.5 Å². The molecule has 23 heavy (non-hydrogen) atoms. The van der Waals surface area contributed by atoms with Crippen molar-refractivity contribution in [1.82, 2.24) is 4.31 Å². The van der Waals surface area contributed by atoms with Gasteiger partial charge < -0.3 is 9.84 Å². The third-order valence-electron chi connectivity index (χ3n) is 4.60. The molecule has 1 unspecified atom stereocenters. The third kappa shape index (κ3) is 3.56. The molecule has 1 aromatic heterocycles. The van der Waals surface area contributed by atoms with E-state index in [0.717, 1.165) is 11.3 Å². The van der Waals surface area contributed by atoms with Gasteiger partial charge in [0.2, 0.25) is 0 Å². The van der Waals surface area contributed by atoms with Crippen LogP contribution in [0.5, 0.6) is 0 Å². The van der Waals surface area contributed by atoms with Gasteiger partial charge in [-0.15, -0.1) is 11.3 Å². The molecule has 2 saturated heterocycles. The molecule has 2 aliphatic heterocycles. The van der Waals surface area contributed by atoms with Gasteiger partial charge in [-0.1, -0.05) is 23.2 Å². The minimum atomic E-state index is -3.58. The number of hydrogen-bond acceptors (Lipinski definition) is 5. The second kappa shape index (κ2) is 6.12. The summed E-state index contributed by atoms with van der Waals surface area (Å²) in [7, 11) is -3.58. The quantitative estimate of drug-likeness (QED) is 0.829. The summed E-state index contributed by atoms with van der Waals surface area (Å²) in [5.41, 5.74) is -1.16. The van der Waals surface area contributed by atoms with E-state index in [2.05, 4.69) is 0 Å². The molecule has 3 heterocycles. The highest BCUT2D eigenvalue weighted by atomic mass is 35.5. The summed E-state index contributed by atoms with van der Waals surface area (Å²) in [5, 5.41) is 10.5. The van der Waals surface area contributed by atoms with Crippen LogP contribution in [-0.2, 0) is 14.8 Å². The van der Waals surface area contributed by atoms with Crippen LogP contribution >= 0.6 is 34.5 Å². The SMILES string of the molecule is CC1(O)CCOC2(CCN(S(=O)(=O)c3cc(Cl)c(Cl)s3)CC2)C1. The molecule has 3 rings (SSSR count). The van der Waals surface area contributed by atoms with Crippen LogP contribution in [0.4, 0.5) is 0 Å². The van der Waals surface area contributed by atoms with Gasteiger partial charge in [-0.05, 0) is 32.3 Å². The van der Waals surface area contributed by atoms with Crippen molar-refractivity contribution >= 4 is 44.6 Å². The predicted molar refractivity (Wildman–Crippen MR) is 90.9 cm³/mol. The normalized spacial score (nSPS) is 29.0. The summed E-state index contributed by atoms with van der Waals surface area (Å²) in [6.07, 6.45) is 2.32. The minimum absolute atomic E-state index is 0.167. The number of hydrogen-bond donors (Lipinski definition) is 1. The van der Waals surface area contributed by atoms with Crippen LogP contribution in [-0.4, -0.2) is 48.7 Å². The van der Waals surface area contributed by atoms with E-state index in [4.69, 9.17) is 27.9 Å². The van der Waals surface area contributed by atoms with Crippen LogP contribution in [0, 0.1) is 0 Å². The van der Waals surface area contributed by atoms with Crippen molar-refractivity contribution in [2.45, 2.75) is 48.0 Å². The highest BCUT2D eigenvalue weighted by molar-refractivity contribution is 7.91. The molecular weight excluding hydrogens is 381 g/mol. The first-order valence-corrected chi connectivity index (χ1v) is 10.5. The van der Waals surface area contributed by atoms with Gasteiger partial charge in [-0.2, -0.15) is 4.31 Å². The van der Waals surface area contributed by atoms with E-state index in [-0.39, 0.29) is 13.6 Å². The first-order chi connectivity index (χ1) is 10.6. The lowest BCUT2D eigenvalue weighted by atomic mass is 9.78. The molecule has 130 valence electrons. The van der Waals surface area contributed by atoms with E-state index in [9.17, 15) is 13.5 Å². The average molecular weight is 400 g/mol. The van der Waals surface area contributed by atoms with Crippen molar-refractivity contribution in [3.8, 4) is 0 Å². The Morgan fingerprint density at radius 1 is 1.30 bits per heavy atom. The van der Waals surface area contributed by atoms with Crippen molar-refractivity contribution in [1.29, 1.82) is 0 Å². The topological polar surface area (TPSA) is 66.8 Å². The molecular formula is C14H19Cl2NO4S2. The molecule has 1 atom stereocenters. The summed E-state index contributed by atoms with van der Waals surface area (Å²) >= 11 is 12.7. The maximum Gasteiger partial charge on any atom is 0.252 e. The maximum absolute atomic E-state index is 12.7. The largest absolute Gasteiger partial charge is 0.390 e. The van der Waals surface area contributed by atoms with Crippen LogP contribution in [0.1, 0.15) is 32.6 Å². The molecule has 2 aliphatic rings. The molecule has 0 aromatic carbocycles. The van der Waals surface area contributed by atoms with Crippen molar-refractivity contribution in [3.63, 3.8) is 0 Å². The molecule has 0 saturated carbocycles. The van der Waals surface area contributed by atoms with Gasteiger partial charge >= 0.3 is 0 Å². The highest BCUT2D eigenvalue weighted by Gasteiger charge is 2.46. The fourth-order valence-electron chi connectivity index (χ4n) is 3.36. The second-order valence-corrected chi connectivity index (χ2v) is 10.8. The van der Waals surface area contributed by atoms with E-state index < -0.39 is 21.2 Å². The number of ether oxygens (including phenoxy) is 1. The lowest BCUT2D eigenvalue weighted by Gasteiger charge is -2.47. The number of sulfonamides is 1. The lowest BCUT2D eigenvalue weighted by Crippen LogP contribution is -2.54. The Kier molecular flexibility index (Phi) is 4.77. The number of halogens is 2. The smallest absolute Gasteiger partial charge is 0.252 e. The summed E-state index contributed by atoms with van der Waals surface area (Å²) in [5.74, 6) is 0. The number of nitrogens with zero attached hydrogens (tertiary/aromatic N) is 1.